The molecule has 7 heteroatoms. The number of nitrogens with one attached hydrogen (secondary N) is 1. The maximum absolute atomic E-state index is 12.0. The molecule has 1 aromatic heterocycles. The van der Waals surface area contributed by atoms with Gasteiger partial charge in [-0.15, -0.1) is 0 Å². The highest BCUT2D eigenvalue weighted by Crippen LogP contribution is 2.19. The van der Waals surface area contributed by atoms with Gasteiger partial charge in [-0.3, -0.25) is 4.79 Å². The third-order valence-electron chi connectivity index (χ3n) is 5.10. The van der Waals surface area contributed by atoms with Gasteiger partial charge >= 0.3 is 0 Å². The average molecular weight is 405 g/mol. The molecule has 1 N–H and O–H groups in total. The minimum Gasteiger partial charge on any atom is -0.356 e. The Morgan fingerprint density at radius 3 is 2.93 bits per heavy atom. The second kappa shape index (κ2) is 10.6. The maximum atomic E-state index is 12.0. The second-order valence-corrected chi connectivity index (χ2v) is 8.06. The van der Waals surface area contributed by atoms with E-state index in [1.807, 2.05) is 12.1 Å². The van der Waals surface area contributed by atoms with Crippen molar-refractivity contribution < 1.29 is 9.32 Å². The molecule has 0 bridgehead atoms. The molecule has 0 radical (unpaired) electrons. The molecule has 1 aromatic carbocycles. The number of hydrogen-bond donors (Lipinski definition) is 1. The van der Waals surface area contributed by atoms with Gasteiger partial charge in [0.2, 0.25) is 17.6 Å². The van der Waals surface area contributed by atoms with Crippen molar-refractivity contribution in [2.75, 3.05) is 26.2 Å². The Balaban J connectivity index is 1.30. The molecular weight excluding hydrogens is 376 g/mol. The molecule has 0 spiro atoms. The molecule has 2 heterocycles. The van der Waals surface area contributed by atoms with Crippen molar-refractivity contribution in [2.45, 2.75) is 45.4 Å². The average Bonchev–Trinajstić information content (AvgIpc) is 3.16. The van der Waals surface area contributed by atoms with Crippen molar-refractivity contribution in [1.29, 1.82) is 0 Å². The van der Waals surface area contributed by atoms with Crippen LogP contribution >= 0.6 is 11.6 Å². The predicted octanol–water partition coefficient (Wildman–Crippen LogP) is 3.95. The van der Waals surface area contributed by atoms with E-state index in [2.05, 4.69) is 27.3 Å². The largest absolute Gasteiger partial charge is 0.356 e. The van der Waals surface area contributed by atoms with Crippen LogP contribution in [0.1, 0.15) is 44.9 Å². The minimum atomic E-state index is 0.0258. The summed E-state index contributed by atoms with van der Waals surface area (Å²) >= 11 is 5.88. The van der Waals surface area contributed by atoms with Crippen LogP contribution in [0.2, 0.25) is 5.02 Å². The lowest BCUT2D eigenvalue weighted by molar-refractivity contribution is -0.121. The fourth-order valence-corrected chi connectivity index (χ4v) is 3.69. The highest BCUT2D eigenvalue weighted by molar-refractivity contribution is 6.30. The van der Waals surface area contributed by atoms with E-state index in [0.717, 1.165) is 37.4 Å². The van der Waals surface area contributed by atoms with Crippen molar-refractivity contribution >= 4 is 17.5 Å². The van der Waals surface area contributed by atoms with Crippen molar-refractivity contribution in [3.8, 4) is 11.4 Å². The number of benzene rings is 1. The predicted molar refractivity (Wildman–Crippen MR) is 110 cm³/mol. The van der Waals surface area contributed by atoms with Gasteiger partial charge in [-0.05, 0) is 69.0 Å². The summed E-state index contributed by atoms with van der Waals surface area (Å²) in [6, 6.07) is 7.25. The van der Waals surface area contributed by atoms with E-state index >= 15 is 0 Å². The van der Waals surface area contributed by atoms with Gasteiger partial charge in [-0.1, -0.05) is 23.7 Å². The second-order valence-electron chi connectivity index (χ2n) is 7.62. The van der Waals surface area contributed by atoms with E-state index in [1.54, 1.807) is 12.1 Å². The number of carbonyl (C=O) groups excluding carboxylic acids is 1. The van der Waals surface area contributed by atoms with Gasteiger partial charge < -0.3 is 14.7 Å². The monoisotopic (exact) mass is 404 g/mol. The first-order valence-electron chi connectivity index (χ1n) is 10.2. The number of nitrogens with zero attached hydrogens (tertiary/aromatic N) is 3. The van der Waals surface area contributed by atoms with Gasteiger partial charge in [0.05, 0.1) is 0 Å². The van der Waals surface area contributed by atoms with Crippen LogP contribution in [-0.2, 0) is 11.2 Å². The van der Waals surface area contributed by atoms with Crippen molar-refractivity contribution in [3.05, 3.63) is 35.2 Å². The Kier molecular flexibility index (Phi) is 7.86. The molecular formula is C21H29ClN4O2. The molecule has 0 aliphatic carbocycles. The summed E-state index contributed by atoms with van der Waals surface area (Å²) in [7, 11) is 0. The third-order valence-corrected chi connectivity index (χ3v) is 5.35. The normalized spacial score (nSPS) is 17.6. The van der Waals surface area contributed by atoms with Gasteiger partial charge in [0.25, 0.3) is 0 Å². The number of rotatable bonds is 9. The van der Waals surface area contributed by atoms with Gasteiger partial charge in [0.15, 0.2) is 0 Å². The number of hydrogen-bond acceptors (Lipinski definition) is 5. The van der Waals surface area contributed by atoms with Crippen LogP contribution in [0.4, 0.5) is 0 Å². The summed E-state index contributed by atoms with van der Waals surface area (Å²) in [5.41, 5.74) is 0.840. The molecule has 1 fully saturated rings. The summed E-state index contributed by atoms with van der Waals surface area (Å²) in [5, 5.41) is 7.61. The molecule has 1 unspecified atom stereocenters. The zero-order valence-corrected chi connectivity index (χ0v) is 17.2. The topological polar surface area (TPSA) is 71.3 Å². The Morgan fingerprint density at radius 2 is 2.14 bits per heavy atom. The molecule has 1 aliphatic heterocycles. The smallest absolute Gasteiger partial charge is 0.227 e. The summed E-state index contributed by atoms with van der Waals surface area (Å²) in [4.78, 5) is 18.9. The third kappa shape index (κ3) is 6.60. The molecule has 6 nitrogen and oxygen atoms in total. The molecule has 28 heavy (non-hydrogen) atoms. The molecule has 1 amide bonds. The summed E-state index contributed by atoms with van der Waals surface area (Å²) < 4.78 is 5.24. The fourth-order valence-electron chi connectivity index (χ4n) is 3.56. The zero-order valence-electron chi connectivity index (χ0n) is 16.5. The van der Waals surface area contributed by atoms with Crippen LogP contribution < -0.4 is 5.32 Å². The summed E-state index contributed by atoms with van der Waals surface area (Å²) in [5.74, 6) is 1.83. The van der Waals surface area contributed by atoms with Crippen LogP contribution in [0, 0.1) is 5.92 Å². The van der Waals surface area contributed by atoms with Crippen molar-refractivity contribution in [2.24, 2.45) is 5.92 Å². The lowest BCUT2D eigenvalue weighted by Crippen LogP contribution is -2.35. The Labute approximate surface area is 171 Å². The van der Waals surface area contributed by atoms with Crippen molar-refractivity contribution in [1.82, 2.24) is 20.4 Å². The first-order chi connectivity index (χ1) is 13.6. The summed E-state index contributed by atoms with van der Waals surface area (Å²) in [6.45, 7) is 6.62. The fraction of sp³-hybridized carbons (Fsp3) is 0.571. The molecule has 1 saturated heterocycles. The quantitative estimate of drug-likeness (QED) is 0.640. The highest BCUT2D eigenvalue weighted by Gasteiger charge is 2.15. The SMILES string of the molecule is CC1CCCN(CCCCNC(=O)CCc2nc(-c3ccc(Cl)cc3)no2)C1. The van der Waals surface area contributed by atoms with Gasteiger partial charge in [-0.25, -0.2) is 0 Å². The van der Waals surface area contributed by atoms with Gasteiger partial charge in [0, 0.05) is 36.5 Å². The number of amides is 1. The van der Waals surface area contributed by atoms with E-state index in [0.29, 0.717) is 29.6 Å². The molecule has 1 atom stereocenters. The van der Waals surface area contributed by atoms with Crippen LogP contribution in [0.3, 0.4) is 0 Å². The van der Waals surface area contributed by atoms with E-state index in [4.69, 9.17) is 16.1 Å². The first-order valence-corrected chi connectivity index (χ1v) is 10.6. The number of unbranched alkanes of at least 4 members (excludes halogenated alkanes) is 1. The van der Waals surface area contributed by atoms with Crippen LogP contribution in [0.15, 0.2) is 28.8 Å². The van der Waals surface area contributed by atoms with Gasteiger partial charge in [0.1, 0.15) is 0 Å². The molecule has 3 rings (SSSR count). The zero-order chi connectivity index (χ0) is 19.8. The van der Waals surface area contributed by atoms with E-state index in [1.165, 1.54) is 25.9 Å². The van der Waals surface area contributed by atoms with Crippen LogP contribution in [0.5, 0.6) is 0 Å². The van der Waals surface area contributed by atoms with Crippen molar-refractivity contribution in [3.63, 3.8) is 0 Å². The van der Waals surface area contributed by atoms with Crippen LogP contribution in [0.25, 0.3) is 11.4 Å². The number of aromatic nitrogens is 2. The van der Waals surface area contributed by atoms with E-state index in [9.17, 15) is 4.79 Å². The highest BCUT2D eigenvalue weighted by atomic mass is 35.5. The molecule has 0 saturated carbocycles. The van der Waals surface area contributed by atoms with E-state index in [-0.39, 0.29) is 5.91 Å². The lowest BCUT2D eigenvalue weighted by atomic mass is 10.0. The summed E-state index contributed by atoms with van der Waals surface area (Å²) in [6.07, 6.45) is 5.60. The Morgan fingerprint density at radius 1 is 1.32 bits per heavy atom. The maximum Gasteiger partial charge on any atom is 0.227 e. The molecule has 2 aromatic rings. The number of halogens is 1. The molecule has 152 valence electrons. The molecule has 1 aliphatic rings. The van der Waals surface area contributed by atoms with Gasteiger partial charge in [-0.2, -0.15) is 4.98 Å². The number of likely N-dealkylation sites (tertiary alicyclic amines) is 1. The minimum absolute atomic E-state index is 0.0258. The number of aryl methyl sites for hydroxylation is 1. The Hall–Kier alpha value is -1.92. The first kappa shape index (κ1) is 20.8. The number of carbonyl (C=O) groups is 1. The lowest BCUT2D eigenvalue weighted by Gasteiger charge is -2.30. The Bertz CT molecular complexity index is 747. The van der Waals surface area contributed by atoms with Crippen LogP contribution in [-0.4, -0.2) is 47.1 Å². The number of piperidine rings is 1. The standard InChI is InChI=1S/C21H29ClN4O2/c1-16-5-4-14-26(15-16)13-3-2-12-23-19(27)10-11-20-24-21(25-28-20)17-6-8-18(22)9-7-17/h6-9,16H,2-5,10-15H2,1H3,(H,23,27). The van der Waals surface area contributed by atoms with E-state index < -0.39 is 0 Å².